The minimum atomic E-state index is -3.94. The highest BCUT2D eigenvalue weighted by Crippen LogP contribution is 2.31. The third kappa shape index (κ3) is 4.78. The van der Waals surface area contributed by atoms with Gasteiger partial charge in [0.05, 0.1) is 29.8 Å². The lowest BCUT2D eigenvalue weighted by Crippen LogP contribution is -2.52. The molecular formula is C22H20Cl2N6O4S. The van der Waals surface area contributed by atoms with Crippen LogP contribution in [0.25, 0.3) is 22.4 Å². The van der Waals surface area contributed by atoms with Gasteiger partial charge in [0.25, 0.3) is 10.0 Å². The maximum Gasteiger partial charge on any atom is 0.263 e. The number of anilines is 1. The highest BCUT2D eigenvalue weighted by atomic mass is 35.5. The number of sulfonamides is 1. The van der Waals surface area contributed by atoms with Crippen molar-refractivity contribution in [2.24, 2.45) is 11.1 Å². The van der Waals surface area contributed by atoms with Crippen LogP contribution in [0, 0.1) is 5.41 Å². The largest absolute Gasteiger partial charge is 0.476 e. The zero-order valence-corrected chi connectivity index (χ0v) is 20.5. The van der Waals surface area contributed by atoms with Crippen molar-refractivity contribution in [3.05, 3.63) is 58.7 Å². The summed E-state index contributed by atoms with van der Waals surface area (Å²) in [6.45, 7) is 1.87. The molecule has 0 atom stereocenters. The first-order valence-corrected chi connectivity index (χ1v) is 12.7. The minimum absolute atomic E-state index is 0.0668. The van der Waals surface area contributed by atoms with E-state index in [-0.39, 0.29) is 20.4 Å². The first kappa shape index (κ1) is 23.8. The lowest BCUT2D eigenvalue weighted by atomic mass is 9.87. The van der Waals surface area contributed by atoms with E-state index < -0.39 is 10.0 Å². The normalized spacial score (nSPS) is 15.1. The van der Waals surface area contributed by atoms with E-state index in [1.54, 1.807) is 30.5 Å². The second-order valence-corrected chi connectivity index (χ2v) is 10.7. The number of ether oxygens (including phenoxy) is 2. The van der Waals surface area contributed by atoms with Gasteiger partial charge in [-0.1, -0.05) is 23.2 Å². The van der Waals surface area contributed by atoms with Gasteiger partial charge in [-0.2, -0.15) is 10.1 Å². The fourth-order valence-corrected chi connectivity index (χ4v) is 5.32. The molecule has 1 fully saturated rings. The summed E-state index contributed by atoms with van der Waals surface area (Å²) in [7, 11) is -3.94. The van der Waals surface area contributed by atoms with Gasteiger partial charge in [0, 0.05) is 22.8 Å². The summed E-state index contributed by atoms with van der Waals surface area (Å²) < 4.78 is 39.4. The Bertz CT molecular complexity index is 1480. The van der Waals surface area contributed by atoms with Crippen molar-refractivity contribution in [1.29, 1.82) is 0 Å². The first-order valence-electron chi connectivity index (χ1n) is 10.5. The van der Waals surface area contributed by atoms with Crippen LogP contribution in [-0.4, -0.2) is 54.9 Å². The Hall–Kier alpha value is -2.96. The maximum atomic E-state index is 12.8. The molecule has 13 heteroatoms. The summed E-state index contributed by atoms with van der Waals surface area (Å²) in [5, 5.41) is 7.84. The van der Waals surface area contributed by atoms with Gasteiger partial charge in [-0.3, -0.25) is 9.82 Å². The smallest absolute Gasteiger partial charge is 0.263 e. The van der Waals surface area contributed by atoms with Gasteiger partial charge in [-0.15, -0.1) is 0 Å². The van der Waals surface area contributed by atoms with Gasteiger partial charge >= 0.3 is 0 Å². The Morgan fingerprint density at radius 1 is 1.14 bits per heavy atom. The molecule has 0 bridgehead atoms. The number of H-pyrrole nitrogens is 1. The zero-order valence-electron chi connectivity index (χ0n) is 18.2. The fourth-order valence-electron chi connectivity index (χ4n) is 3.50. The first-order chi connectivity index (χ1) is 16.8. The summed E-state index contributed by atoms with van der Waals surface area (Å²) in [4.78, 5) is 8.96. The summed E-state index contributed by atoms with van der Waals surface area (Å²) in [6.07, 6.45) is 1.60. The molecule has 1 aliphatic heterocycles. The molecule has 0 radical (unpaired) electrons. The number of benzene rings is 2. The van der Waals surface area contributed by atoms with E-state index in [9.17, 15) is 8.42 Å². The molecule has 182 valence electrons. The van der Waals surface area contributed by atoms with Gasteiger partial charge in [-0.25, -0.2) is 13.4 Å². The van der Waals surface area contributed by atoms with Crippen LogP contribution in [0.4, 0.5) is 5.69 Å². The molecule has 3 heterocycles. The summed E-state index contributed by atoms with van der Waals surface area (Å²) in [5.41, 5.74) is 7.15. The number of rotatable bonds is 8. The Balaban J connectivity index is 1.39. The lowest BCUT2D eigenvalue weighted by Gasteiger charge is -2.39. The van der Waals surface area contributed by atoms with E-state index in [0.717, 1.165) is 0 Å². The zero-order chi connectivity index (χ0) is 24.6. The molecule has 4 N–H and O–H groups in total. The van der Waals surface area contributed by atoms with E-state index in [1.165, 1.54) is 18.2 Å². The molecule has 0 unspecified atom stereocenters. The lowest BCUT2D eigenvalue weighted by molar-refractivity contribution is -0.125. The Labute approximate surface area is 210 Å². The molecule has 5 rings (SSSR count). The Morgan fingerprint density at radius 3 is 2.60 bits per heavy atom. The van der Waals surface area contributed by atoms with Crippen molar-refractivity contribution in [2.45, 2.75) is 4.90 Å². The number of fused-ring (bicyclic) bond motifs is 1. The van der Waals surface area contributed by atoms with Crippen molar-refractivity contribution in [2.75, 3.05) is 31.1 Å². The molecule has 35 heavy (non-hydrogen) atoms. The van der Waals surface area contributed by atoms with E-state index in [0.29, 0.717) is 60.4 Å². The quantitative estimate of drug-likeness (QED) is 0.311. The minimum Gasteiger partial charge on any atom is -0.476 e. The molecule has 0 spiro atoms. The standard InChI is InChI=1S/C22H20Cl2N6O4S/c23-14-3-6-17(24)18(7-14)35(31,32)30-15-4-1-13(2-5-15)19-27-20-16(8-26-29-20)21(28-19)34-12-22(9-25)10-33-11-22/h1-8,30H,9-12,25H2,(H,26,27,28,29). The number of aromatic amines is 1. The van der Waals surface area contributed by atoms with Crippen LogP contribution in [0.3, 0.4) is 0 Å². The van der Waals surface area contributed by atoms with Crippen molar-refractivity contribution in [1.82, 2.24) is 20.2 Å². The van der Waals surface area contributed by atoms with E-state index in [2.05, 4.69) is 24.9 Å². The van der Waals surface area contributed by atoms with Crippen LogP contribution < -0.4 is 15.2 Å². The Morgan fingerprint density at radius 2 is 1.91 bits per heavy atom. The van der Waals surface area contributed by atoms with Crippen LogP contribution >= 0.6 is 23.2 Å². The SMILES string of the molecule is NCC1(COc2nc(-c3ccc(NS(=O)(=O)c4cc(Cl)ccc4Cl)cc3)nc3[nH]ncc23)COC1. The number of aromatic nitrogens is 4. The predicted octanol–water partition coefficient (Wildman–Crippen LogP) is 3.48. The van der Waals surface area contributed by atoms with Crippen molar-refractivity contribution >= 4 is 49.9 Å². The van der Waals surface area contributed by atoms with E-state index >= 15 is 0 Å². The average molecular weight is 535 g/mol. The topological polar surface area (TPSA) is 145 Å². The number of nitrogens with zero attached hydrogens (tertiary/aromatic N) is 3. The van der Waals surface area contributed by atoms with Gasteiger partial charge in [-0.05, 0) is 42.5 Å². The molecule has 0 saturated carbocycles. The van der Waals surface area contributed by atoms with Gasteiger partial charge in [0.15, 0.2) is 11.5 Å². The number of nitrogens with one attached hydrogen (secondary N) is 2. The molecule has 2 aromatic heterocycles. The summed E-state index contributed by atoms with van der Waals surface area (Å²) in [5.74, 6) is 0.759. The van der Waals surface area contributed by atoms with Crippen LogP contribution in [-0.2, 0) is 14.8 Å². The second-order valence-electron chi connectivity index (χ2n) is 8.23. The summed E-state index contributed by atoms with van der Waals surface area (Å²) in [6, 6.07) is 10.8. The number of halogens is 2. The van der Waals surface area contributed by atoms with Crippen LogP contribution in [0.5, 0.6) is 5.88 Å². The van der Waals surface area contributed by atoms with Crippen LogP contribution in [0.15, 0.2) is 53.6 Å². The van der Waals surface area contributed by atoms with Crippen LogP contribution in [0.2, 0.25) is 10.0 Å². The molecule has 0 amide bonds. The fraction of sp³-hybridized carbons (Fsp3) is 0.227. The third-order valence-corrected chi connectivity index (χ3v) is 7.72. The monoisotopic (exact) mass is 534 g/mol. The maximum absolute atomic E-state index is 12.8. The number of hydrogen-bond donors (Lipinski definition) is 3. The van der Waals surface area contributed by atoms with E-state index in [1.807, 2.05) is 0 Å². The average Bonchev–Trinajstić information content (AvgIpc) is 3.29. The molecule has 10 nitrogen and oxygen atoms in total. The van der Waals surface area contributed by atoms with Gasteiger partial charge in [0.1, 0.15) is 16.9 Å². The summed E-state index contributed by atoms with van der Waals surface area (Å²) >= 11 is 12.0. The predicted molar refractivity (Wildman–Crippen MR) is 132 cm³/mol. The third-order valence-electron chi connectivity index (χ3n) is 5.62. The van der Waals surface area contributed by atoms with E-state index in [4.69, 9.17) is 38.4 Å². The highest BCUT2D eigenvalue weighted by molar-refractivity contribution is 7.92. The highest BCUT2D eigenvalue weighted by Gasteiger charge is 2.38. The Kier molecular flexibility index (Phi) is 6.28. The second kappa shape index (κ2) is 9.25. The molecule has 1 saturated heterocycles. The van der Waals surface area contributed by atoms with Crippen molar-refractivity contribution in [3.63, 3.8) is 0 Å². The number of hydrogen-bond acceptors (Lipinski definition) is 8. The van der Waals surface area contributed by atoms with Gasteiger partial charge in [0.2, 0.25) is 5.88 Å². The molecular weight excluding hydrogens is 515 g/mol. The molecule has 2 aromatic carbocycles. The van der Waals surface area contributed by atoms with Crippen molar-refractivity contribution in [3.8, 4) is 17.3 Å². The molecule has 4 aromatic rings. The van der Waals surface area contributed by atoms with Crippen molar-refractivity contribution < 1.29 is 17.9 Å². The van der Waals surface area contributed by atoms with Gasteiger partial charge < -0.3 is 15.2 Å². The van der Waals surface area contributed by atoms with Crippen LogP contribution in [0.1, 0.15) is 0 Å². The molecule has 0 aliphatic carbocycles. The molecule has 1 aliphatic rings. The number of nitrogens with two attached hydrogens (primary N) is 1.